The lowest BCUT2D eigenvalue weighted by molar-refractivity contribution is 0.877. The minimum Gasteiger partial charge on any atom is -0.362 e. The Kier molecular flexibility index (Phi) is 3.74. The summed E-state index contributed by atoms with van der Waals surface area (Å²) < 4.78 is 1.96. The van der Waals surface area contributed by atoms with Crippen LogP contribution in [0.5, 0.6) is 0 Å². The average Bonchev–Trinajstić information content (AvgIpc) is 2.81. The monoisotopic (exact) mass is 320 g/mol. The molecule has 0 aliphatic rings. The van der Waals surface area contributed by atoms with E-state index in [1.807, 2.05) is 36.7 Å². The quantitative estimate of drug-likeness (QED) is 0.775. The number of fused-ring (bicyclic) bond motifs is 1. The van der Waals surface area contributed by atoms with Crippen LogP contribution in [0, 0.1) is 0 Å². The molecule has 108 valence electrons. The number of halogens is 2. The molecule has 0 saturated heterocycles. The van der Waals surface area contributed by atoms with Crippen LogP contribution in [0.3, 0.4) is 0 Å². The Morgan fingerprint density at radius 1 is 1.19 bits per heavy atom. The van der Waals surface area contributed by atoms with Gasteiger partial charge in [0.05, 0.1) is 17.9 Å². The Bertz CT molecular complexity index is 797. The van der Waals surface area contributed by atoms with E-state index in [9.17, 15) is 0 Å². The lowest BCUT2D eigenvalue weighted by Crippen LogP contribution is -2.09. The summed E-state index contributed by atoms with van der Waals surface area (Å²) >= 11 is 12.2. The summed E-state index contributed by atoms with van der Waals surface area (Å²) in [5.74, 6) is 0.742. The molecule has 4 nitrogen and oxygen atoms in total. The van der Waals surface area contributed by atoms with Crippen LogP contribution in [0.2, 0.25) is 10.0 Å². The number of hydrogen-bond acceptors (Lipinski definition) is 3. The molecule has 0 radical (unpaired) electrons. The van der Waals surface area contributed by atoms with Crippen molar-refractivity contribution in [1.29, 1.82) is 0 Å². The van der Waals surface area contributed by atoms with Crippen LogP contribution in [0.1, 0.15) is 18.5 Å². The fraction of sp³-hybridized carbons (Fsp3) is 0.200. The Morgan fingerprint density at radius 2 is 2.00 bits per heavy atom. The van der Waals surface area contributed by atoms with Crippen LogP contribution >= 0.6 is 23.2 Å². The molecular weight excluding hydrogens is 307 g/mol. The minimum atomic E-state index is -0.00475. The van der Waals surface area contributed by atoms with Crippen molar-refractivity contribution in [3.8, 4) is 0 Å². The van der Waals surface area contributed by atoms with Crippen LogP contribution in [0.4, 0.5) is 5.82 Å². The SMILES string of the molecule is CC(Nc1nccc2c1ncn2C)c1ccc(Cl)cc1Cl. The van der Waals surface area contributed by atoms with Gasteiger partial charge in [0.15, 0.2) is 5.82 Å². The van der Waals surface area contributed by atoms with Crippen molar-refractivity contribution in [3.05, 3.63) is 52.4 Å². The first-order valence-corrected chi connectivity index (χ1v) is 7.29. The predicted octanol–water partition coefficient (Wildman–Crippen LogP) is 4.45. The van der Waals surface area contributed by atoms with Crippen molar-refractivity contribution in [3.63, 3.8) is 0 Å². The van der Waals surface area contributed by atoms with E-state index >= 15 is 0 Å². The third-order valence-electron chi connectivity index (χ3n) is 3.43. The van der Waals surface area contributed by atoms with E-state index in [4.69, 9.17) is 23.2 Å². The largest absolute Gasteiger partial charge is 0.362 e. The highest BCUT2D eigenvalue weighted by Gasteiger charge is 2.13. The summed E-state index contributed by atoms with van der Waals surface area (Å²) in [4.78, 5) is 8.76. The Morgan fingerprint density at radius 3 is 2.76 bits per heavy atom. The molecule has 3 rings (SSSR count). The number of aryl methyl sites for hydroxylation is 1. The lowest BCUT2D eigenvalue weighted by atomic mass is 10.1. The fourth-order valence-electron chi connectivity index (χ4n) is 2.30. The van der Waals surface area contributed by atoms with Crippen molar-refractivity contribution < 1.29 is 0 Å². The summed E-state index contributed by atoms with van der Waals surface area (Å²) in [6, 6.07) is 7.42. The molecule has 6 heteroatoms. The normalized spacial score (nSPS) is 12.6. The van der Waals surface area contributed by atoms with Crippen molar-refractivity contribution >= 4 is 40.1 Å². The molecule has 0 aliphatic heterocycles. The van der Waals surface area contributed by atoms with Gasteiger partial charge in [-0.25, -0.2) is 9.97 Å². The predicted molar refractivity (Wildman–Crippen MR) is 87.0 cm³/mol. The number of benzene rings is 1. The number of nitrogens with zero attached hydrogens (tertiary/aromatic N) is 3. The van der Waals surface area contributed by atoms with Gasteiger partial charge in [-0.3, -0.25) is 0 Å². The van der Waals surface area contributed by atoms with E-state index < -0.39 is 0 Å². The van der Waals surface area contributed by atoms with Gasteiger partial charge in [0, 0.05) is 23.3 Å². The molecule has 1 N–H and O–H groups in total. The summed E-state index contributed by atoms with van der Waals surface area (Å²) in [7, 11) is 1.96. The first-order chi connectivity index (χ1) is 10.1. The second-order valence-electron chi connectivity index (χ2n) is 4.91. The number of imidazole rings is 1. The first kappa shape index (κ1) is 14.2. The highest BCUT2D eigenvalue weighted by molar-refractivity contribution is 6.35. The van der Waals surface area contributed by atoms with Crippen molar-refractivity contribution in [2.75, 3.05) is 5.32 Å². The maximum atomic E-state index is 6.25. The molecule has 1 aromatic carbocycles. The molecular formula is C15H14Cl2N4. The van der Waals surface area contributed by atoms with E-state index in [1.54, 1.807) is 18.6 Å². The Labute approximate surface area is 132 Å². The van der Waals surface area contributed by atoms with Crippen molar-refractivity contribution in [1.82, 2.24) is 14.5 Å². The molecule has 0 bridgehead atoms. The van der Waals surface area contributed by atoms with Gasteiger partial charge in [-0.2, -0.15) is 0 Å². The first-order valence-electron chi connectivity index (χ1n) is 6.54. The fourth-order valence-corrected chi connectivity index (χ4v) is 2.88. The average molecular weight is 321 g/mol. The van der Waals surface area contributed by atoms with Crippen LogP contribution in [0.25, 0.3) is 11.0 Å². The molecule has 0 aliphatic carbocycles. The van der Waals surface area contributed by atoms with E-state index in [-0.39, 0.29) is 6.04 Å². The van der Waals surface area contributed by atoms with Gasteiger partial charge >= 0.3 is 0 Å². The van der Waals surface area contributed by atoms with Gasteiger partial charge in [-0.05, 0) is 30.7 Å². The van der Waals surface area contributed by atoms with E-state index in [2.05, 4.69) is 15.3 Å². The topological polar surface area (TPSA) is 42.7 Å². The zero-order valence-corrected chi connectivity index (χ0v) is 13.2. The van der Waals surface area contributed by atoms with Gasteiger partial charge in [0.25, 0.3) is 0 Å². The lowest BCUT2D eigenvalue weighted by Gasteiger charge is -2.16. The number of nitrogens with one attached hydrogen (secondary N) is 1. The molecule has 1 unspecified atom stereocenters. The number of rotatable bonds is 3. The minimum absolute atomic E-state index is 0.00475. The summed E-state index contributed by atoms with van der Waals surface area (Å²) in [6.07, 6.45) is 3.54. The van der Waals surface area contributed by atoms with E-state index in [0.717, 1.165) is 22.4 Å². The van der Waals surface area contributed by atoms with Gasteiger partial charge in [-0.1, -0.05) is 29.3 Å². The number of pyridine rings is 1. The molecule has 0 spiro atoms. The molecule has 0 amide bonds. The highest BCUT2D eigenvalue weighted by atomic mass is 35.5. The van der Waals surface area contributed by atoms with Crippen LogP contribution in [0.15, 0.2) is 36.8 Å². The van der Waals surface area contributed by atoms with Gasteiger partial charge in [0.2, 0.25) is 0 Å². The zero-order valence-electron chi connectivity index (χ0n) is 11.6. The van der Waals surface area contributed by atoms with E-state index in [1.165, 1.54) is 0 Å². The molecule has 0 saturated carbocycles. The second kappa shape index (κ2) is 5.54. The second-order valence-corrected chi connectivity index (χ2v) is 5.76. The molecule has 0 fully saturated rings. The zero-order chi connectivity index (χ0) is 15.0. The number of aromatic nitrogens is 3. The number of hydrogen-bond donors (Lipinski definition) is 1. The molecule has 1 atom stereocenters. The molecule has 21 heavy (non-hydrogen) atoms. The third kappa shape index (κ3) is 2.69. The molecule has 2 heterocycles. The number of anilines is 1. The van der Waals surface area contributed by atoms with Crippen LogP contribution in [-0.4, -0.2) is 14.5 Å². The Balaban J connectivity index is 1.94. The maximum Gasteiger partial charge on any atom is 0.154 e. The highest BCUT2D eigenvalue weighted by Crippen LogP contribution is 2.29. The van der Waals surface area contributed by atoms with Gasteiger partial charge in [0.1, 0.15) is 5.52 Å². The summed E-state index contributed by atoms with van der Waals surface area (Å²) in [6.45, 7) is 2.03. The Hall–Kier alpha value is -1.78. The summed E-state index contributed by atoms with van der Waals surface area (Å²) in [5, 5.41) is 4.62. The van der Waals surface area contributed by atoms with Crippen LogP contribution in [-0.2, 0) is 7.05 Å². The van der Waals surface area contributed by atoms with Crippen molar-refractivity contribution in [2.24, 2.45) is 7.05 Å². The van der Waals surface area contributed by atoms with Gasteiger partial charge < -0.3 is 9.88 Å². The maximum absolute atomic E-state index is 6.25. The smallest absolute Gasteiger partial charge is 0.154 e. The molecule has 2 aromatic heterocycles. The van der Waals surface area contributed by atoms with Crippen LogP contribution < -0.4 is 5.32 Å². The standard InChI is InChI=1S/C15H14Cl2N4/c1-9(11-4-3-10(16)7-12(11)17)20-15-14-13(5-6-18-15)21(2)8-19-14/h3-9H,1-2H3,(H,18,20). The summed E-state index contributed by atoms with van der Waals surface area (Å²) in [5.41, 5.74) is 2.84. The van der Waals surface area contributed by atoms with Gasteiger partial charge in [-0.15, -0.1) is 0 Å². The molecule has 3 aromatic rings. The third-order valence-corrected chi connectivity index (χ3v) is 3.99. The van der Waals surface area contributed by atoms with E-state index in [0.29, 0.717) is 10.0 Å². The van der Waals surface area contributed by atoms with Crippen molar-refractivity contribution in [2.45, 2.75) is 13.0 Å².